The van der Waals surface area contributed by atoms with Gasteiger partial charge in [-0.25, -0.2) is 0 Å². The molecule has 0 aliphatic rings. The van der Waals surface area contributed by atoms with E-state index in [9.17, 15) is 9.59 Å². The molecule has 0 unspecified atom stereocenters. The number of carbonyl (C=O) groups excluding carboxylic acids is 2. The van der Waals surface area contributed by atoms with Gasteiger partial charge in [0, 0.05) is 18.7 Å². The van der Waals surface area contributed by atoms with Crippen LogP contribution in [-0.4, -0.2) is 31.0 Å². The zero-order valence-electron chi connectivity index (χ0n) is 18.2. The highest BCUT2D eigenvalue weighted by atomic mass is 35.5. The molecular formula is C23H43ClO4. The van der Waals surface area contributed by atoms with Gasteiger partial charge in [-0.3, -0.25) is 9.59 Å². The van der Waals surface area contributed by atoms with Crippen LogP contribution in [0.15, 0.2) is 0 Å². The first-order valence-electron chi connectivity index (χ1n) is 11.6. The van der Waals surface area contributed by atoms with Crippen LogP contribution in [0, 0.1) is 0 Å². The summed E-state index contributed by atoms with van der Waals surface area (Å²) in [6, 6.07) is 0. The first-order valence-corrected chi connectivity index (χ1v) is 12.1. The Morgan fingerprint density at radius 1 is 0.571 bits per heavy atom. The SMILES string of the molecule is CCCCCOC(=O)CCCCCCCCC(=O)OCCCCCCCCCl. The first kappa shape index (κ1) is 27.2. The van der Waals surface area contributed by atoms with Crippen LogP contribution in [0.5, 0.6) is 0 Å². The van der Waals surface area contributed by atoms with Crippen molar-refractivity contribution in [3.8, 4) is 0 Å². The van der Waals surface area contributed by atoms with Crippen LogP contribution in [0.25, 0.3) is 0 Å². The van der Waals surface area contributed by atoms with E-state index < -0.39 is 0 Å². The second kappa shape index (κ2) is 22.5. The van der Waals surface area contributed by atoms with Crippen LogP contribution in [0.2, 0.25) is 0 Å². The molecule has 0 aromatic rings. The molecule has 0 aliphatic heterocycles. The molecule has 0 saturated heterocycles. The van der Waals surface area contributed by atoms with E-state index >= 15 is 0 Å². The van der Waals surface area contributed by atoms with E-state index in [2.05, 4.69) is 6.92 Å². The van der Waals surface area contributed by atoms with Gasteiger partial charge in [0.25, 0.3) is 0 Å². The molecule has 0 radical (unpaired) electrons. The van der Waals surface area contributed by atoms with Crippen LogP contribution in [0.3, 0.4) is 0 Å². The average Bonchev–Trinajstić information content (AvgIpc) is 2.69. The number of halogens is 1. The van der Waals surface area contributed by atoms with E-state index in [-0.39, 0.29) is 11.9 Å². The van der Waals surface area contributed by atoms with Crippen LogP contribution >= 0.6 is 11.6 Å². The van der Waals surface area contributed by atoms with Gasteiger partial charge in [-0.1, -0.05) is 71.1 Å². The number of hydrogen-bond donors (Lipinski definition) is 0. The van der Waals surface area contributed by atoms with Crippen molar-refractivity contribution in [2.45, 2.75) is 116 Å². The Labute approximate surface area is 178 Å². The van der Waals surface area contributed by atoms with Gasteiger partial charge in [-0.2, -0.15) is 0 Å². The van der Waals surface area contributed by atoms with Gasteiger partial charge in [0.1, 0.15) is 0 Å². The molecule has 0 aliphatic carbocycles. The minimum absolute atomic E-state index is 0.0610. The summed E-state index contributed by atoms with van der Waals surface area (Å²) < 4.78 is 10.5. The summed E-state index contributed by atoms with van der Waals surface area (Å²) in [7, 11) is 0. The molecule has 4 nitrogen and oxygen atoms in total. The molecule has 0 atom stereocenters. The number of hydrogen-bond acceptors (Lipinski definition) is 4. The molecule has 0 N–H and O–H groups in total. The third-order valence-corrected chi connectivity index (χ3v) is 5.08. The van der Waals surface area contributed by atoms with Crippen molar-refractivity contribution in [2.75, 3.05) is 19.1 Å². The van der Waals surface area contributed by atoms with Crippen LogP contribution in [-0.2, 0) is 19.1 Å². The van der Waals surface area contributed by atoms with E-state index in [1.54, 1.807) is 0 Å². The quantitative estimate of drug-likeness (QED) is 0.115. The van der Waals surface area contributed by atoms with Crippen molar-refractivity contribution in [3.05, 3.63) is 0 Å². The first-order chi connectivity index (χ1) is 13.7. The average molecular weight is 419 g/mol. The van der Waals surface area contributed by atoms with Gasteiger partial charge in [-0.15, -0.1) is 11.6 Å². The number of unbranched alkanes of at least 4 members (excludes halogenated alkanes) is 12. The lowest BCUT2D eigenvalue weighted by atomic mass is 10.1. The number of carbonyl (C=O) groups is 2. The lowest BCUT2D eigenvalue weighted by Gasteiger charge is -2.06. The molecule has 0 spiro atoms. The third kappa shape index (κ3) is 21.5. The zero-order valence-corrected chi connectivity index (χ0v) is 18.9. The van der Waals surface area contributed by atoms with Crippen LogP contribution in [0.1, 0.15) is 116 Å². The molecule has 0 fully saturated rings. The molecule has 0 bridgehead atoms. The molecule has 28 heavy (non-hydrogen) atoms. The van der Waals surface area contributed by atoms with Gasteiger partial charge in [0.05, 0.1) is 13.2 Å². The second-order valence-corrected chi connectivity index (χ2v) is 7.96. The number of rotatable bonds is 21. The summed E-state index contributed by atoms with van der Waals surface area (Å²) in [5.74, 6) is 0.632. The van der Waals surface area contributed by atoms with Crippen molar-refractivity contribution in [3.63, 3.8) is 0 Å². The van der Waals surface area contributed by atoms with Gasteiger partial charge in [0.15, 0.2) is 0 Å². The monoisotopic (exact) mass is 418 g/mol. The van der Waals surface area contributed by atoms with Gasteiger partial charge in [0.2, 0.25) is 0 Å². The maximum atomic E-state index is 11.7. The highest BCUT2D eigenvalue weighted by molar-refractivity contribution is 6.17. The van der Waals surface area contributed by atoms with E-state index in [1.165, 1.54) is 19.3 Å². The lowest BCUT2D eigenvalue weighted by molar-refractivity contribution is -0.144. The summed E-state index contributed by atoms with van der Waals surface area (Å²) in [4.78, 5) is 23.2. The van der Waals surface area contributed by atoms with Gasteiger partial charge >= 0.3 is 11.9 Å². The van der Waals surface area contributed by atoms with Crippen molar-refractivity contribution < 1.29 is 19.1 Å². The van der Waals surface area contributed by atoms with E-state index in [0.717, 1.165) is 82.9 Å². The smallest absolute Gasteiger partial charge is 0.305 e. The molecule has 0 heterocycles. The van der Waals surface area contributed by atoms with Crippen molar-refractivity contribution in [1.82, 2.24) is 0 Å². The third-order valence-electron chi connectivity index (χ3n) is 4.81. The van der Waals surface area contributed by atoms with E-state index in [0.29, 0.717) is 26.1 Å². The van der Waals surface area contributed by atoms with Crippen molar-refractivity contribution in [2.24, 2.45) is 0 Å². The molecule has 5 heteroatoms. The Balaban J connectivity index is 3.24. The van der Waals surface area contributed by atoms with Crippen molar-refractivity contribution in [1.29, 1.82) is 0 Å². The Hall–Kier alpha value is -0.770. The van der Waals surface area contributed by atoms with Crippen LogP contribution < -0.4 is 0 Å². The highest BCUT2D eigenvalue weighted by Crippen LogP contribution is 2.10. The molecule has 166 valence electrons. The summed E-state index contributed by atoms with van der Waals surface area (Å²) >= 11 is 5.64. The Morgan fingerprint density at radius 2 is 0.964 bits per heavy atom. The number of alkyl halides is 1. The minimum Gasteiger partial charge on any atom is -0.466 e. The summed E-state index contributed by atoms with van der Waals surface area (Å²) in [5, 5.41) is 0. The highest BCUT2D eigenvalue weighted by Gasteiger charge is 2.04. The second-order valence-electron chi connectivity index (χ2n) is 7.58. The predicted molar refractivity (Wildman–Crippen MR) is 117 cm³/mol. The van der Waals surface area contributed by atoms with Gasteiger partial charge in [-0.05, 0) is 32.1 Å². The fourth-order valence-electron chi connectivity index (χ4n) is 3.02. The topological polar surface area (TPSA) is 52.6 Å². The molecule has 0 aromatic carbocycles. The normalized spacial score (nSPS) is 10.8. The fourth-order valence-corrected chi connectivity index (χ4v) is 3.21. The molecule has 0 rings (SSSR count). The number of ether oxygens (including phenoxy) is 2. The minimum atomic E-state index is -0.0621. The standard InChI is InChI=1S/C23H43ClO4/c1-2-3-15-20-27-22(25)17-12-8-4-5-9-13-18-23(26)28-21-16-11-7-6-10-14-19-24/h2-21H2,1H3. The summed E-state index contributed by atoms with van der Waals surface area (Å²) in [6.07, 6.45) is 17.2. The predicted octanol–water partition coefficient (Wildman–Crippen LogP) is 6.96. The van der Waals surface area contributed by atoms with E-state index in [4.69, 9.17) is 21.1 Å². The largest absolute Gasteiger partial charge is 0.466 e. The Kier molecular flexibility index (Phi) is 21.9. The maximum absolute atomic E-state index is 11.7. The summed E-state index contributed by atoms with van der Waals surface area (Å²) in [5.41, 5.74) is 0. The van der Waals surface area contributed by atoms with Gasteiger partial charge < -0.3 is 9.47 Å². The Bertz CT molecular complexity index is 361. The number of esters is 2. The van der Waals surface area contributed by atoms with E-state index in [1.807, 2.05) is 0 Å². The molecular weight excluding hydrogens is 376 g/mol. The summed E-state index contributed by atoms with van der Waals surface area (Å²) in [6.45, 7) is 3.26. The lowest BCUT2D eigenvalue weighted by Crippen LogP contribution is -2.06. The molecule has 0 aromatic heterocycles. The Morgan fingerprint density at radius 3 is 1.43 bits per heavy atom. The van der Waals surface area contributed by atoms with Crippen molar-refractivity contribution >= 4 is 23.5 Å². The molecule has 0 saturated carbocycles. The zero-order chi connectivity index (χ0) is 20.7. The fraction of sp³-hybridized carbons (Fsp3) is 0.913. The van der Waals surface area contributed by atoms with Crippen LogP contribution in [0.4, 0.5) is 0 Å². The molecule has 0 amide bonds. The maximum Gasteiger partial charge on any atom is 0.305 e.